The summed E-state index contributed by atoms with van der Waals surface area (Å²) in [6.07, 6.45) is 0. The van der Waals surface area contributed by atoms with Crippen LogP contribution in [0.3, 0.4) is 0 Å². The average molecular weight is 397 g/mol. The van der Waals surface area contributed by atoms with Crippen LogP contribution in [0.25, 0.3) is 0 Å². The van der Waals surface area contributed by atoms with Crippen molar-refractivity contribution in [1.82, 2.24) is 0 Å². The third kappa shape index (κ3) is 4.63. The van der Waals surface area contributed by atoms with Crippen LogP contribution in [0.4, 0.5) is 5.69 Å². The predicted octanol–water partition coefficient (Wildman–Crippen LogP) is 5.64. The van der Waals surface area contributed by atoms with Crippen molar-refractivity contribution < 1.29 is 19.1 Å². The van der Waals surface area contributed by atoms with Gasteiger partial charge in [-0.1, -0.05) is 66.7 Å². The Kier molecular flexibility index (Phi) is 5.90. The molecule has 0 aliphatic heterocycles. The first-order valence-corrected chi connectivity index (χ1v) is 10.6. The van der Waals surface area contributed by atoms with E-state index in [2.05, 4.69) is 5.32 Å². The minimum Gasteiger partial charge on any atom is -0.508 e. The number of benzene rings is 3. The van der Waals surface area contributed by atoms with E-state index in [0.29, 0.717) is 16.8 Å². The fourth-order valence-electron chi connectivity index (χ4n) is 3.09. The first-order valence-electron chi connectivity index (χ1n) is 8.98. The standard InChI is InChI=1S/C22H24NO4P/c1-22(2,19-15-9-10-16-20(19)24)27-28(25,26)21(17-11-5-3-6-12-17)23-18-13-7-4-8-14-18/h3-16,21,23-24H,1-2H3,(H,25,26). The number of aromatic hydroxyl groups is 1. The number of rotatable bonds is 7. The highest BCUT2D eigenvalue weighted by atomic mass is 31.2. The number of phenols is 1. The Bertz CT molecular complexity index is 961. The van der Waals surface area contributed by atoms with Crippen LogP contribution in [-0.4, -0.2) is 10.00 Å². The van der Waals surface area contributed by atoms with E-state index in [0.717, 1.165) is 0 Å². The fourth-order valence-corrected chi connectivity index (χ4v) is 4.81. The van der Waals surface area contributed by atoms with Gasteiger partial charge in [0, 0.05) is 11.3 Å². The molecule has 0 saturated carbocycles. The summed E-state index contributed by atoms with van der Waals surface area (Å²) < 4.78 is 19.2. The summed E-state index contributed by atoms with van der Waals surface area (Å²) in [5, 5.41) is 13.3. The lowest BCUT2D eigenvalue weighted by molar-refractivity contribution is 0.0856. The van der Waals surface area contributed by atoms with E-state index in [1.54, 1.807) is 44.2 Å². The second-order valence-corrected chi connectivity index (χ2v) is 8.83. The zero-order valence-electron chi connectivity index (χ0n) is 15.8. The minimum atomic E-state index is -4.22. The zero-order valence-corrected chi connectivity index (χ0v) is 16.7. The summed E-state index contributed by atoms with van der Waals surface area (Å²) >= 11 is 0. The van der Waals surface area contributed by atoms with Gasteiger partial charge in [-0.05, 0) is 37.6 Å². The first kappa shape index (κ1) is 20.2. The van der Waals surface area contributed by atoms with Crippen molar-refractivity contribution in [1.29, 1.82) is 0 Å². The molecular formula is C22H24NO4P. The molecule has 146 valence electrons. The number of hydrogen-bond donors (Lipinski definition) is 3. The normalized spacial score (nSPS) is 14.8. The van der Waals surface area contributed by atoms with Gasteiger partial charge in [-0.25, -0.2) is 0 Å². The number of nitrogens with one attached hydrogen (secondary N) is 1. The number of phenolic OH excluding ortho intramolecular Hbond substituents is 1. The van der Waals surface area contributed by atoms with E-state index in [-0.39, 0.29) is 5.75 Å². The second-order valence-electron chi connectivity index (χ2n) is 7.01. The van der Waals surface area contributed by atoms with Crippen LogP contribution >= 0.6 is 7.60 Å². The summed E-state index contributed by atoms with van der Waals surface area (Å²) in [4.78, 5) is 11.0. The first-order chi connectivity index (χ1) is 13.3. The van der Waals surface area contributed by atoms with Crippen molar-refractivity contribution in [3.05, 3.63) is 96.1 Å². The maximum Gasteiger partial charge on any atom is 0.355 e. The van der Waals surface area contributed by atoms with Gasteiger partial charge in [-0.3, -0.25) is 9.09 Å². The van der Waals surface area contributed by atoms with Crippen LogP contribution in [0.1, 0.15) is 30.8 Å². The van der Waals surface area contributed by atoms with E-state index in [9.17, 15) is 14.6 Å². The van der Waals surface area contributed by atoms with E-state index < -0.39 is 19.0 Å². The average Bonchev–Trinajstić information content (AvgIpc) is 2.67. The fraction of sp³-hybridized carbons (Fsp3) is 0.182. The molecule has 3 aromatic rings. The van der Waals surface area contributed by atoms with Gasteiger partial charge in [-0.15, -0.1) is 0 Å². The molecule has 5 nitrogen and oxygen atoms in total. The van der Waals surface area contributed by atoms with E-state index >= 15 is 0 Å². The monoisotopic (exact) mass is 397 g/mol. The highest BCUT2D eigenvalue weighted by molar-refractivity contribution is 7.53. The van der Waals surface area contributed by atoms with Crippen molar-refractivity contribution in [3.8, 4) is 5.75 Å². The molecule has 0 aliphatic rings. The summed E-state index contributed by atoms with van der Waals surface area (Å²) in [5.41, 5.74) is 0.594. The van der Waals surface area contributed by atoms with Crippen LogP contribution in [0.5, 0.6) is 5.75 Å². The van der Waals surface area contributed by atoms with Gasteiger partial charge < -0.3 is 15.3 Å². The number of hydrogen-bond acceptors (Lipinski definition) is 4. The van der Waals surface area contributed by atoms with E-state index in [1.807, 2.05) is 48.5 Å². The van der Waals surface area contributed by atoms with E-state index in [4.69, 9.17) is 4.52 Å². The van der Waals surface area contributed by atoms with Crippen LogP contribution in [0.2, 0.25) is 0 Å². The zero-order chi connectivity index (χ0) is 20.2. The topological polar surface area (TPSA) is 78.8 Å². The maximum atomic E-state index is 13.4. The Morgan fingerprint density at radius 1 is 0.893 bits per heavy atom. The highest BCUT2D eigenvalue weighted by Crippen LogP contribution is 2.60. The van der Waals surface area contributed by atoms with Gasteiger partial charge in [0.25, 0.3) is 0 Å². The SMILES string of the molecule is CC(C)(OP(=O)(O)C(Nc1ccccc1)c1ccccc1)c1ccccc1O. The van der Waals surface area contributed by atoms with Gasteiger partial charge >= 0.3 is 7.60 Å². The molecule has 0 fully saturated rings. The molecule has 3 N–H and O–H groups in total. The molecule has 3 aromatic carbocycles. The van der Waals surface area contributed by atoms with Crippen LogP contribution < -0.4 is 5.32 Å². The maximum absolute atomic E-state index is 13.4. The second kappa shape index (κ2) is 8.19. The van der Waals surface area contributed by atoms with Gasteiger partial charge in [0.05, 0.1) is 0 Å². The summed E-state index contributed by atoms with van der Waals surface area (Å²) in [7, 11) is -4.22. The summed E-state index contributed by atoms with van der Waals surface area (Å²) in [6, 6.07) is 24.9. The molecule has 0 saturated heterocycles. The molecule has 0 aliphatic carbocycles. The van der Waals surface area contributed by atoms with E-state index in [1.165, 1.54) is 6.07 Å². The van der Waals surface area contributed by atoms with Crippen LogP contribution in [0.15, 0.2) is 84.9 Å². The molecule has 2 unspecified atom stereocenters. The molecule has 2 atom stereocenters. The lowest BCUT2D eigenvalue weighted by atomic mass is 9.98. The van der Waals surface area contributed by atoms with Crippen LogP contribution in [0, 0.1) is 0 Å². The van der Waals surface area contributed by atoms with Gasteiger partial charge in [-0.2, -0.15) is 0 Å². The Balaban J connectivity index is 1.96. The molecular weight excluding hydrogens is 373 g/mol. The molecule has 0 spiro atoms. The molecule has 3 rings (SSSR count). The highest BCUT2D eigenvalue weighted by Gasteiger charge is 2.41. The van der Waals surface area contributed by atoms with Crippen molar-refractivity contribution in [2.24, 2.45) is 0 Å². The molecule has 0 heterocycles. The summed E-state index contributed by atoms with van der Waals surface area (Å²) in [6.45, 7) is 3.32. The Morgan fingerprint density at radius 3 is 2.04 bits per heavy atom. The molecule has 0 amide bonds. The Morgan fingerprint density at radius 2 is 1.43 bits per heavy atom. The Hall–Kier alpha value is -2.59. The summed E-state index contributed by atoms with van der Waals surface area (Å²) in [5.74, 6) is -0.957. The molecule has 0 aromatic heterocycles. The third-order valence-corrected chi connectivity index (χ3v) is 6.23. The molecule has 0 bridgehead atoms. The van der Waals surface area contributed by atoms with Crippen molar-refractivity contribution in [2.75, 3.05) is 5.32 Å². The van der Waals surface area contributed by atoms with Crippen molar-refractivity contribution in [2.45, 2.75) is 25.2 Å². The van der Waals surface area contributed by atoms with Crippen molar-refractivity contribution in [3.63, 3.8) is 0 Å². The number of para-hydroxylation sites is 2. The smallest absolute Gasteiger partial charge is 0.355 e. The van der Waals surface area contributed by atoms with Gasteiger partial charge in [0.2, 0.25) is 0 Å². The quantitative estimate of drug-likeness (QED) is 0.450. The Labute approximate surface area is 165 Å². The number of anilines is 1. The predicted molar refractivity (Wildman–Crippen MR) is 111 cm³/mol. The van der Waals surface area contributed by atoms with Crippen molar-refractivity contribution >= 4 is 13.3 Å². The van der Waals surface area contributed by atoms with Gasteiger partial charge in [0.15, 0.2) is 5.78 Å². The lowest BCUT2D eigenvalue weighted by Crippen LogP contribution is -2.24. The molecule has 28 heavy (non-hydrogen) atoms. The van der Waals surface area contributed by atoms with Crippen LogP contribution in [-0.2, 0) is 14.7 Å². The lowest BCUT2D eigenvalue weighted by Gasteiger charge is -2.33. The van der Waals surface area contributed by atoms with Gasteiger partial charge in [0.1, 0.15) is 11.4 Å². The third-order valence-electron chi connectivity index (χ3n) is 4.43. The largest absolute Gasteiger partial charge is 0.508 e. The molecule has 6 heteroatoms. The molecule has 0 radical (unpaired) electrons. The minimum absolute atomic E-state index is 0.0137.